The quantitative estimate of drug-likeness (QED) is 0.844. The number of aliphatic carboxylic acids is 1. The van der Waals surface area contributed by atoms with E-state index in [-0.39, 0.29) is 5.92 Å². The number of likely N-dealkylation sites (N-methyl/N-ethyl adjacent to an activating group) is 1. The third-order valence-corrected chi connectivity index (χ3v) is 2.97. The Hall–Kier alpha value is -1.30. The van der Waals surface area contributed by atoms with Crippen LogP contribution in [0.25, 0.3) is 0 Å². The first kappa shape index (κ1) is 15.8. The van der Waals surface area contributed by atoms with Gasteiger partial charge in [-0.3, -0.25) is 4.90 Å². The zero-order chi connectivity index (χ0) is 14.6. The minimum absolute atomic E-state index is 0.176. The first-order chi connectivity index (χ1) is 8.76. The van der Waals surface area contributed by atoms with Gasteiger partial charge in [0.1, 0.15) is 11.6 Å². The molecule has 1 saturated heterocycles. The van der Waals surface area contributed by atoms with Crippen molar-refractivity contribution in [2.24, 2.45) is 5.92 Å². The van der Waals surface area contributed by atoms with Crippen LogP contribution in [-0.2, 0) is 14.3 Å². The molecule has 110 valence electrons. The molecule has 2 atom stereocenters. The van der Waals surface area contributed by atoms with Crippen molar-refractivity contribution in [1.82, 2.24) is 4.90 Å². The smallest absolute Gasteiger partial charge is 0.411 e. The maximum Gasteiger partial charge on any atom is 0.411 e. The molecule has 0 radical (unpaired) electrons. The Morgan fingerprint density at radius 1 is 1.47 bits per heavy atom. The summed E-state index contributed by atoms with van der Waals surface area (Å²) in [6.45, 7) is 8.22. The van der Waals surface area contributed by atoms with Gasteiger partial charge in [-0.25, -0.2) is 9.59 Å². The molecular weight excluding hydrogens is 250 g/mol. The highest BCUT2D eigenvalue weighted by molar-refractivity contribution is 5.80. The van der Waals surface area contributed by atoms with Crippen LogP contribution in [0.4, 0.5) is 4.79 Å². The fourth-order valence-electron chi connectivity index (χ4n) is 2.15. The number of ether oxygens (including phenoxy) is 2. The molecule has 19 heavy (non-hydrogen) atoms. The SMILES string of the molecule is CCN(C(=O)OC(C)(C)C)C(C(=O)O)C1CCOC1. The van der Waals surface area contributed by atoms with Gasteiger partial charge < -0.3 is 14.6 Å². The van der Waals surface area contributed by atoms with E-state index in [1.807, 2.05) is 0 Å². The molecule has 1 fully saturated rings. The molecule has 1 amide bonds. The minimum atomic E-state index is -1.01. The zero-order valence-corrected chi connectivity index (χ0v) is 12.0. The van der Waals surface area contributed by atoms with Crippen molar-refractivity contribution in [2.45, 2.75) is 45.8 Å². The van der Waals surface area contributed by atoms with E-state index in [0.29, 0.717) is 26.2 Å². The lowest BCUT2D eigenvalue weighted by atomic mass is 9.98. The summed E-state index contributed by atoms with van der Waals surface area (Å²) < 4.78 is 10.5. The Kier molecular flexibility index (Phi) is 5.17. The van der Waals surface area contributed by atoms with E-state index in [0.717, 1.165) is 0 Å². The van der Waals surface area contributed by atoms with Crippen molar-refractivity contribution in [3.05, 3.63) is 0 Å². The monoisotopic (exact) mass is 273 g/mol. The van der Waals surface area contributed by atoms with Crippen molar-refractivity contribution in [3.63, 3.8) is 0 Å². The lowest BCUT2D eigenvalue weighted by molar-refractivity contribution is -0.145. The molecule has 1 heterocycles. The van der Waals surface area contributed by atoms with E-state index in [4.69, 9.17) is 9.47 Å². The molecule has 0 aromatic rings. The van der Waals surface area contributed by atoms with E-state index >= 15 is 0 Å². The van der Waals surface area contributed by atoms with Crippen LogP contribution in [-0.4, -0.2) is 53.5 Å². The molecule has 0 aromatic carbocycles. The molecule has 0 aromatic heterocycles. The highest BCUT2D eigenvalue weighted by atomic mass is 16.6. The predicted octanol–water partition coefficient (Wildman–Crippen LogP) is 1.73. The van der Waals surface area contributed by atoms with Crippen LogP contribution in [0, 0.1) is 5.92 Å². The molecule has 0 saturated carbocycles. The number of carbonyl (C=O) groups excluding carboxylic acids is 1. The van der Waals surface area contributed by atoms with E-state index < -0.39 is 23.7 Å². The molecule has 0 bridgehead atoms. The van der Waals surface area contributed by atoms with Gasteiger partial charge in [-0.15, -0.1) is 0 Å². The average Bonchev–Trinajstić information content (AvgIpc) is 2.75. The van der Waals surface area contributed by atoms with Crippen molar-refractivity contribution >= 4 is 12.1 Å². The Morgan fingerprint density at radius 2 is 2.11 bits per heavy atom. The maximum atomic E-state index is 12.1. The fourth-order valence-corrected chi connectivity index (χ4v) is 2.15. The molecule has 6 heteroatoms. The van der Waals surface area contributed by atoms with Crippen molar-refractivity contribution in [1.29, 1.82) is 0 Å². The van der Waals surface area contributed by atoms with E-state index in [2.05, 4.69) is 0 Å². The summed E-state index contributed by atoms with van der Waals surface area (Å²) in [5.41, 5.74) is -0.639. The van der Waals surface area contributed by atoms with E-state index in [1.54, 1.807) is 27.7 Å². The van der Waals surface area contributed by atoms with Crippen LogP contribution >= 0.6 is 0 Å². The van der Waals surface area contributed by atoms with Gasteiger partial charge in [0.25, 0.3) is 0 Å². The van der Waals surface area contributed by atoms with Gasteiger partial charge in [0.15, 0.2) is 0 Å². The first-order valence-electron chi connectivity index (χ1n) is 6.56. The van der Waals surface area contributed by atoms with Crippen LogP contribution in [0.5, 0.6) is 0 Å². The van der Waals surface area contributed by atoms with Crippen LogP contribution in [0.3, 0.4) is 0 Å². The fraction of sp³-hybridized carbons (Fsp3) is 0.846. The normalized spacial score (nSPS) is 20.9. The van der Waals surface area contributed by atoms with Gasteiger partial charge in [0, 0.05) is 19.1 Å². The van der Waals surface area contributed by atoms with Gasteiger partial charge in [-0.05, 0) is 34.1 Å². The number of carboxylic acid groups (broad SMARTS) is 1. The highest BCUT2D eigenvalue weighted by Gasteiger charge is 2.39. The van der Waals surface area contributed by atoms with Gasteiger partial charge in [0.05, 0.1) is 6.61 Å². The molecular formula is C13H23NO5. The molecule has 1 aliphatic heterocycles. The molecule has 6 nitrogen and oxygen atoms in total. The Bertz CT molecular complexity index is 330. The third-order valence-electron chi connectivity index (χ3n) is 2.97. The number of hydrogen-bond donors (Lipinski definition) is 1. The van der Waals surface area contributed by atoms with E-state index in [9.17, 15) is 14.7 Å². The number of nitrogens with zero attached hydrogens (tertiary/aromatic N) is 1. The topological polar surface area (TPSA) is 76.1 Å². The number of hydrogen-bond acceptors (Lipinski definition) is 4. The summed E-state index contributed by atoms with van der Waals surface area (Å²) in [4.78, 5) is 24.8. The van der Waals surface area contributed by atoms with Crippen LogP contribution < -0.4 is 0 Å². The van der Waals surface area contributed by atoms with E-state index in [1.165, 1.54) is 4.90 Å². The highest BCUT2D eigenvalue weighted by Crippen LogP contribution is 2.23. The third kappa shape index (κ3) is 4.38. The number of amides is 1. The number of carboxylic acids is 1. The van der Waals surface area contributed by atoms with Crippen LogP contribution in [0.2, 0.25) is 0 Å². The van der Waals surface area contributed by atoms with Crippen molar-refractivity contribution < 1.29 is 24.2 Å². The van der Waals surface area contributed by atoms with Crippen molar-refractivity contribution in [2.75, 3.05) is 19.8 Å². The van der Waals surface area contributed by atoms with Gasteiger partial charge in [0.2, 0.25) is 0 Å². The summed E-state index contributed by atoms with van der Waals surface area (Å²) >= 11 is 0. The summed E-state index contributed by atoms with van der Waals surface area (Å²) in [6.07, 6.45) is 0.0605. The number of carbonyl (C=O) groups is 2. The molecule has 1 N–H and O–H groups in total. The van der Waals surface area contributed by atoms with Gasteiger partial charge >= 0.3 is 12.1 Å². The van der Waals surface area contributed by atoms with Gasteiger partial charge in [-0.2, -0.15) is 0 Å². The summed E-state index contributed by atoms with van der Waals surface area (Å²) in [7, 11) is 0. The molecule has 1 rings (SSSR count). The standard InChI is InChI=1S/C13H23NO5/c1-5-14(12(17)19-13(2,3)4)10(11(15)16)9-6-7-18-8-9/h9-10H,5-8H2,1-4H3,(H,15,16). The second kappa shape index (κ2) is 6.23. The van der Waals surface area contributed by atoms with Crippen LogP contribution in [0.1, 0.15) is 34.1 Å². The minimum Gasteiger partial charge on any atom is -0.480 e. The average molecular weight is 273 g/mol. The van der Waals surface area contributed by atoms with Gasteiger partial charge in [-0.1, -0.05) is 0 Å². The molecule has 2 unspecified atom stereocenters. The second-order valence-corrected chi connectivity index (χ2v) is 5.67. The summed E-state index contributed by atoms with van der Waals surface area (Å²) in [5, 5.41) is 9.38. The Labute approximate surface area is 113 Å². The molecule has 1 aliphatic rings. The second-order valence-electron chi connectivity index (χ2n) is 5.67. The molecule has 0 aliphatic carbocycles. The lowest BCUT2D eigenvalue weighted by Gasteiger charge is -2.33. The lowest BCUT2D eigenvalue weighted by Crippen LogP contribution is -2.51. The summed E-state index contributed by atoms with van der Waals surface area (Å²) in [5.74, 6) is -1.19. The Balaban J connectivity index is 2.84. The summed E-state index contributed by atoms with van der Waals surface area (Å²) in [6, 6.07) is -0.887. The zero-order valence-electron chi connectivity index (χ0n) is 12.0. The molecule has 0 spiro atoms. The predicted molar refractivity (Wildman–Crippen MR) is 69.0 cm³/mol. The Morgan fingerprint density at radius 3 is 2.47 bits per heavy atom. The van der Waals surface area contributed by atoms with Crippen LogP contribution in [0.15, 0.2) is 0 Å². The van der Waals surface area contributed by atoms with Crippen molar-refractivity contribution in [3.8, 4) is 0 Å². The number of rotatable bonds is 4. The largest absolute Gasteiger partial charge is 0.480 e. The first-order valence-corrected chi connectivity index (χ1v) is 6.56. The maximum absolute atomic E-state index is 12.1.